The van der Waals surface area contributed by atoms with E-state index in [0.717, 1.165) is 49.1 Å². The molecule has 0 bridgehead atoms. The smallest absolute Gasteiger partial charge is 0.233 e. The Morgan fingerprint density at radius 1 is 0.800 bits per heavy atom. The molecule has 9 nitrogen and oxygen atoms in total. The van der Waals surface area contributed by atoms with Gasteiger partial charge in [-0.05, 0) is 24.3 Å². The Hall–Kier alpha value is -3.59. The number of hydrogen-bond acceptors (Lipinski definition) is 9. The van der Waals surface area contributed by atoms with Crippen molar-refractivity contribution in [3.05, 3.63) is 48.5 Å². The summed E-state index contributed by atoms with van der Waals surface area (Å²) < 4.78 is 10.6. The van der Waals surface area contributed by atoms with Gasteiger partial charge in [0, 0.05) is 49.7 Å². The fourth-order valence-corrected chi connectivity index (χ4v) is 3.14. The molecule has 0 atom stereocenters. The fraction of sp³-hybridized carbons (Fsp3) is 0.286. The normalized spacial score (nSPS) is 13.6. The van der Waals surface area contributed by atoms with Crippen LogP contribution >= 0.6 is 0 Å². The maximum absolute atomic E-state index is 5.30. The molecule has 0 amide bonds. The second-order valence-electron chi connectivity index (χ2n) is 6.73. The van der Waals surface area contributed by atoms with E-state index >= 15 is 0 Å². The number of anilines is 5. The summed E-state index contributed by atoms with van der Waals surface area (Å²) in [5, 5.41) is 9.86. The van der Waals surface area contributed by atoms with Crippen molar-refractivity contribution in [3.8, 4) is 11.5 Å². The first-order chi connectivity index (χ1) is 14.7. The van der Waals surface area contributed by atoms with Gasteiger partial charge in [-0.2, -0.15) is 15.0 Å². The predicted molar refractivity (Wildman–Crippen MR) is 117 cm³/mol. The number of ether oxygens (including phenoxy) is 2. The van der Waals surface area contributed by atoms with Gasteiger partial charge in [-0.3, -0.25) is 0 Å². The Morgan fingerprint density at radius 3 is 1.83 bits per heavy atom. The quantitative estimate of drug-likeness (QED) is 0.546. The number of nitrogens with zero attached hydrogens (tertiary/aromatic N) is 4. The van der Waals surface area contributed by atoms with Gasteiger partial charge in [-0.25, -0.2) is 0 Å². The highest BCUT2D eigenvalue weighted by atomic mass is 16.5. The summed E-state index contributed by atoms with van der Waals surface area (Å²) in [6.45, 7) is 3.45. The maximum atomic E-state index is 5.30. The number of methoxy groups -OCH3 is 2. The van der Waals surface area contributed by atoms with Crippen molar-refractivity contribution >= 4 is 29.2 Å². The van der Waals surface area contributed by atoms with E-state index in [9.17, 15) is 0 Å². The van der Waals surface area contributed by atoms with Crippen LogP contribution in [0.25, 0.3) is 0 Å². The van der Waals surface area contributed by atoms with Crippen LogP contribution in [0.3, 0.4) is 0 Å². The van der Waals surface area contributed by atoms with Crippen molar-refractivity contribution in [2.45, 2.75) is 0 Å². The first kappa shape index (κ1) is 19.7. The van der Waals surface area contributed by atoms with Gasteiger partial charge in [0.2, 0.25) is 17.8 Å². The van der Waals surface area contributed by atoms with Crippen molar-refractivity contribution in [2.24, 2.45) is 0 Å². The third-order valence-corrected chi connectivity index (χ3v) is 4.68. The molecule has 0 aliphatic carbocycles. The molecular weight excluding hydrogens is 382 g/mol. The molecule has 1 saturated heterocycles. The van der Waals surface area contributed by atoms with E-state index in [1.54, 1.807) is 14.2 Å². The van der Waals surface area contributed by atoms with Crippen LogP contribution in [-0.2, 0) is 0 Å². The molecule has 3 N–H and O–H groups in total. The molecule has 0 radical (unpaired) electrons. The van der Waals surface area contributed by atoms with Crippen molar-refractivity contribution in [3.63, 3.8) is 0 Å². The van der Waals surface area contributed by atoms with Crippen LogP contribution in [0.4, 0.5) is 29.2 Å². The molecule has 3 aromatic rings. The molecule has 0 saturated carbocycles. The molecule has 156 valence electrons. The van der Waals surface area contributed by atoms with E-state index in [4.69, 9.17) is 9.47 Å². The lowest BCUT2D eigenvalue weighted by molar-refractivity contribution is 0.415. The number of aromatic nitrogens is 3. The van der Waals surface area contributed by atoms with Gasteiger partial charge < -0.3 is 30.3 Å². The van der Waals surface area contributed by atoms with E-state index in [2.05, 4.69) is 35.8 Å². The van der Waals surface area contributed by atoms with Crippen LogP contribution in [0.1, 0.15) is 0 Å². The number of nitrogens with one attached hydrogen (secondary N) is 3. The Labute approximate surface area is 175 Å². The SMILES string of the molecule is COc1cccc(Nc2nc(Nc3cccc(OC)c3)nc(N3CCNCC3)n2)c1. The summed E-state index contributed by atoms with van der Waals surface area (Å²) in [4.78, 5) is 16.0. The first-order valence-electron chi connectivity index (χ1n) is 9.77. The number of benzene rings is 2. The standard InChI is InChI=1S/C21H25N7O2/c1-29-17-7-3-5-15(13-17)23-19-25-20(24-16-6-4-8-18(14-16)30-2)27-21(26-19)28-11-9-22-10-12-28/h3-8,13-14,22H,9-12H2,1-2H3,(H2,23,24,25,26,27). The highest BCUT2D eigenvalue weighted by Crippen LogP contribution is 2.24. The molecule has 0 unspecified atom stereocenters. The zero-order chi connectivity index (χ0) is 20.8. The minimum Gasteiger partial charge on any atom is -0.497 e. The summed E-state index contributed by atoms with van der Waals surface area (Å²) in [7, 11) is 3.28. The first-order valence-corrected chi connectivity index (χ1v) is 9.77. The average Bonchev–Trinajstić information content (AvgIpc) is 2.80. The molecule has 9 heteroatoms. The number of hydrogen-bond donors (Lipinski definition) is 3. The van der Waals surface area contributed by atoms with Crippen LogP contribution < -0.4 is 30.3 Å². The molecule has 2 aromatic carbocycles. The minimum atomic E-state index is 0.456. The number of rotatable bonds is 7. The Bertz CT molecular complexity index is 925. The summed E-state index contributed by atoms with van der Waals surface area (Å²) >= 11 is 0. The van der Waals surface area contributed by atoms with E-state index in [1.165, 1.54) is 0 Å². The number of piperazine rings is 1. The van der Waals surface area contributed by atoms with Crippen molar-refractivity contribution in [2.75, 3.05) is 55.9 Å². The summed E-state index contributed by atoms with van der Waals surface area (Å²) in [5.74, 6) is 3.05. The second kappa shape index (κ2) is 9.27. The molecule has 4 rings (SSSR count). The topological polar surface area (TPSA) is 96.5 Å². The van der Waals surface area contributed by atoms with Crippen molar-refractivity contribution in [1.29, 1.82) is 0 Å². The van der Waals surface area contributed by atoms with Gasteiger partial charge in [-0.15, -0.1) is 0 Å². The third-order valence-electron chi connectivity index (χ3n) is 4.68. The monoisotopic (exact) mass is 407 g/mol. The average molecular weight is 407 g/mol. The third kappa shape index (κ3) is 4.87. The fourth-order valence-electron chi connectivity index (χ4n) is 3.14. The van der Waals surface area contributed by atoms with Crippen LogP contribution in [0.5, 0.6) is 11.5 Å². The lowest BCUT2D eigenvalue weighted by atomic mass is 10.3. The second-order valence-corrected chi connectivity index (χ2v) is 6.73. The van der Waals surface area contributed by atoms with E-state index in [0.29, 0.717) is 17.8 Å². The maximum Gasteiger partial charge on any atom is 0.233 e. The molecule has 1 fully saturated rings. The highest BCUT2D eigenvalue weighted by molar-refractivity contribution is 5.61. The molecule has 2 heterocycles. The van der Waals surface area contributed by atoms with E-state index < -0.39 is 0 Å². The largest absolute Gasteiger partial charge is 0.497 e. The van der Waals surface area contributed by atoms with Crippen molar-refractivity contribution < 1.29 is 9.47 Å². The van der Waals surface area contributed by atoms with Crippen LogP contribution in [0, 0.1) is 0 Å². The van der Waals surface area contributed by atoms with Crippen LogP contribution in [0.15, 0.2) is 48.5 Å². The summed E-state index contributed by atoms with van der Waals surface area (Å²) in [5.41, 5.74) is 1.67. The zero-order valence-electron chi connectivity index (χ0n) is 17.1. The molecule has 30 heavy (non-hydrogen) atoms. The molecule has 0 spiro atoms. The molecular formula is C21H25N7O2. The Kier molecular flexibility index (Phi) is 6.09. The van der Waals surface area contributed by atoms with E-state index in [1.807, 2.05) is 48.5 Å². The van der Waals surface area contributed by atoms with Gasteiger partial charge in [0.25, 0.3) is 0 Å². The lowest BCUT2D eigenvalue weighted by Crippen LogP contribution is -2.44. The lowest BCUT2D eigenvalue weighted by Gasteiger charge is -2.27. The van der Waals surface area contributed by atoms with Gasteiger partial charge >= 0.3 is 0 Å². The van der Waals surface area contributed by atoms with Crippen LogP contribution in [-0.4, -0.2) is 55.4 Å². The van der Waals surface area contributed by atoms with Crippen LogP contribution in [0.2, 0.25) is 0 Å². The van der Waals surface area contributed by atoms with Crippen molar-refractivity contribution in [1.82, 2.24) is 20.3 Å². The summed E-state index contributed by atoms with van der Waals surface area (Å²) in [6.07, 6.45) is 0. The molecule has 1 aliphatic heterocycles. The Balaban J connectivity index is 1.64. The van der Waals surface area contributed by atoms with Gasteiger partial charge in [0.05, 0.1) is 14.2 Å². The molecule has 1 aromatic heterocycles. The van der Waals surface area contributed by atoms with Gasteiger partial charge in [-0.1, -0.05) is 12.1 Å². The Morgan fingerprint density at radius 2 is 1.33 bits per heavy atom. The molecule has 1 aliphatic rings. The van der Waals surface area contributed by atoms with Gasteiger partial charge in [0.15, 0.2) is 0 Å². The predicted octanol–water partition coefficient (Wildman–Crippen LogP) is 2.79. The summed E-state index contributed by atoms with van der Waals surface area (Å²) in [6, 6.07) is 15.3. The highest BCUT2D eigenvalue weighted by Gasteiger charge is 2.16. The minimum absolute atomic E-state index is 0.456. The van der Waals surface area contributed by atoms with Gasteiger partial charge in [0.1, 0.15) is 11.5 Å². The zero-order valence-corrected chi connectivity index (χ0v) is 17.1. The van der Waals surface area contributed by atoms with E-state index in [-0.39, 0.29) is 0 Å².